The highest BCUT2D eigenvalue weighted by atomic mass is 16.2. The lowest BCUT2D eigenvalue weighted by Gasteiger charge is -2.29. The highest BCUT2D eigenvalue weighted by Crippen LogP contribution is 2.22. The third-order valence-corrected chi connectivity index (χ3v) is 3.80. The van der Waals surface area contributed by atoms with Crippen molar-refractivity contribution in [2.24, 2.45) is 0 Å². The third kappa shape index (κ3) is 4.66. The molecule has 2 rings (SSSR count). The molecular formula is C17H27N3O. The first-order valence-electron chi connectivity index (χ1n) is 7.98. The first kappa shape index (κ1) is 15.7. The van der Waals surface area contributed by atoms with Gasteiger partial charge < -0.3 is 15.5 Å². The van der Waals surface area contributed by atoms with E-state index in [1.807, 2.05) is 20.8 Å². The summed E-state index contributed by atoms with van der Waals surface area (Å²) in [4.78, 5) is 14.3. The Hall–Kier alpha value is -1.71. The second-order valence-electron chi connectivity index (χ2n) is 6.12. The summed E-state index contributed by atoms with van der Waals surface area (Å²) in [6.07, 6.45) is 3.91. The van der Waals surface area contributed by atoms with E-state index in [9.17, 15) is 4.79 Å². The molecule has 1 aliphatic heterocycles. The van der Waals surface area contributed by atoms with Crippen molar-refractivity contribution >= 4 is 17.3 Å². The average Bonchev–Trinajstić information content (AvgIpc) is 2.48. The molecule has 0 radical (unpaired) electrons. The summed E-state index contributed by atoms with van der Waals surface area (Å²) in [6.45, 7) is 8.13. The van der Waals surface area contributed by atoms with Gasteiger partial charge in [0.05, 0.1) is 0 Å². The lowest BCUT2D eigenvalue weighted by Crippen LogP contribution is -2.40. The number of carbonyl (C=O) groups is 1. The number of hydrogen-bond acceptors (Lipinski definition) is 3. The molecule has 1 aromatic rings. The Bertz CT molecular complexity index is 450. The number of nitrogens with zero attached hydrogens (tertiary/aromatic N) is 1. The molecule has 0 spiro atoms. The SMILES string of the molecule is CC(C)NC(=O)C(C)Nc1ccc(N2CCCCC2)cc1. The molecule has 4 nitrogen and oxygen atoms in total. The van der Waals surface area contributed by atoms with Gasteiger partial charge in [0.25, 0.3) is 0 Å². The molecule has 1 amide bonds. The van der Waals surface area contributed by atoms with Crippen LogP contribution in [-0.2, 0) is 4.79 Å². The number of nitrogens with one attached hydrogen (secondary N) is 2. The van der Waals surface area contributed by atoms with E-state index < -0.39 is 0 Å². The number of rotatable bonds is 5. The van der Waals surface area contributed by atoms with E-state index in [4.69, 9.17) is 0 Å². The highest BCUT2D eigenvalue weighted by molar-refractivity contribution is 5.84. The molecule has 21 heavy (non-hydrogen) atoms. The van der Waals surface area contributed by atoms with Crippen LogP contribution >= 0.6 is 0 Å². The van der Waals surface area contributed by atoms with Gasteiger partial charge in [-0.05, 0) is 64.3 Å². The topological polar surface area (TPSA) is 44.4 Å². The third-order valence-electron chi connectivity index (χ3n) is 3.80. The number of piperidine rings is 1. The maximum atomic E-state index is 11.9. The van der Waals surface area contributed by atoms with Gasteiger partial charge in [0.1, 0.15) is 6.04 Å². The second-order valence-corrected chi connectivity index (χ2v) is 6.12. The first-order chi connectivity index (χ1) is 10.1. The molecule has 1 atom stereocenters. The monoisotopic (exact) mass is 289 g/mol. The Morgan fingerprint density at radius 2 is 1.67 bits per heavy atom. The normalized spacial score (nSPS) is 16.7. The van der Waals surface area contributed by atoms with Gasteiger partial charge in [-0.15, -0.1) is 0 Å². The van der Waals surface area contributed by atoms with Crippen molar-refractivity contribution in [2.75, 3.05) is 23.3 Å². The van der Waals surface area contributed by atoms with Crippen molar-refractivity contribution in [3.8, 4) is 0 Å². The zero-order valence-corrected chi connectivity index (χ0v) is 13.4. The maximum Gasteiger partial charge on any atom is 0.242 e. The van der Waals surface area contributed by atoms with Gasteiger partial charge in [0, 0.05) is 30.5 Å². The van der Waals surface area contributed by atoms with Crippen molar-refractivity contribution in [1.29, 1.82) is 0 Å². The summed E-state index contributed by atoms with van der Waals surface area (Å²) in [5.74, 6) is 0.0325. The van der Waals surface area contributed by atoms with Crippen LogP contribution in [0.2, 0.25) is 0 Å². The minimum atomic E-state index is -0.228. The summed E-state index contributed by atoms with van der Waals surface area (Å²) in [7, 11) is 0. The number of amides is 1. The van der Waals surface area contributed by atoms with Crippen molar-refractivity contribution in [1.82, 2.24) is 5.32 Å². The van der Waals surface area contributed by atoms with Gasteiger partial charge >= 0.3 is 0 Å². The molecule has 1 heterocycles. The Morgan fingerprint density at radius 1 is 1.05 bits per heavy atom. The summed E-state index contributed by atoms with van der Waals surface area (Å²) < 4.78 is 0. The van der Waals surface area contributed by atoms with Crippen LogP contribution in [0.25, 0.3) is 0 Å². The van der Waals surface area contributed by atoms with E-state index in [2.05, 4.69) is 39.8 Å². The fraction of sp³-hybridized carbons (Fsp3) is 0.588. The summed E-state index contributed by atoms with van der Waals surface area (Å²) >= 11 is 0. The summed E-state index contributed by atoms with van der Waals surface area (Å²) in [5, 5.41) is 6.16. The molecule has 0 aromatic heterocycles. The van der Waals surface area contributed by atoms with Gasteiger partial charge in [-0.2, -0.15) is 0 Å². The van der Waals surface area contributed by atoms with Crippen LogP contribution < -0.4 is 15.5 Å². The van der Waals surface area contributed by atoms with Gasteiger partial charge in [-0.25, -0.2) is 0 Å². The van der Waals surface area contributed by atoms with Gasteiger partial charge in [-0.1, -0.05) is 0 Å². The van der Waals surface area contributed by atoms with E-state index >= 15 is 0 Å². The predicted molar refractivity (Wildman–Crippen MR) is 88.9 cm³/mol. The molecule has 0 saturated carbocycles. The zero-order chi connectivity index (χ0) is 15.2. The fourth-order valence-corrected chi connectivity index (χ4v) is 2.65. The fourth-order valence-electron chi connectivity index (χ4n) is 2.65. The van der Waals surface area contributed by atoms with Crippen molar-refractivity contribution < 1.29 is 4.79 Å². The van der Waals surface area contributed by atoms with Crippen LogP contribution in [0.5, 0.6) is 0 Å². The molecule has 1 aliphatic rings. The van der Waals surface area contributed by atoms with Crippen LogP contribution in [0.1, 0.15) is 40.0 Å². The number of anilines is 2. The largest absolute Gasteiger partial charge is 0.374 e. The Labute approximate surface area is 127 Å². The van der Waals surface area contributed by atoms with Crippen LogP contribution in [0, 0.1) is 0 Å². The van der Waals surface area contributed by atoms with Crippen molar-refractivity contribution in [3.05, 3.63) is 24.3 Å². The molecular weight excluding hydrogens is 262 g/mol. The van der Waals surface area contributed by atoms with Crippen LogP contribution in [-0.4, -0.2) is 31.1 Å². The maximum absolute atomic E-state index is 11.9. The first-order valence-corrected chi connectivity index (χ1v) is 7.98. The molecule has 116 valence electrons. The predicted octanol–water partition coefficient (Wildman–Crippen LogP) is 3.00. The molecule has 1 aromatic carbocycles. The lowest BCUT2D eigenvalue weighted by molar-refractivity contribution is -0.122. The van der Waals surface area contributed by atoms with E-state index in [0.717, 1.165) is 18.8 Å². The van der Waals surface area contributed by atoms with Crippen molar-refractivity contribution in [3.63, 3.8) is 0 Å². The smallest absolute Gasteiger partial charge is 0.242 e. The standard InChI is InChI=1S/C17H27N3O/c1-13(2)18-17(21)14(3)19-15-7-9-16(10-8-15)20-11-5-4-6-12-20/h7-10,13-14,19H,4-6,11-12H2,1-3H3,(H,18,21). The minimum Gasteiger partial charge on any atom is -0.374 e. The zero-order valence-electron chi connectivity index (χ0n) is 13.4. The van der Waals surface area contributed by atoms with E-state index in [1.165, 1.54) is 24.9 Å². The molecule has 1 saturated heterocycles. The second kappa shape index (κ2) is 7.34. The Balaban J connectivity index is 1.91. The highest BCUT2D eigenvalue weighted by Gasteiger charge is 2.14. The molecule has 0 aliphatic carbocycles. The van der Waals surface area contributed by atoms with Crippen molar-refractivity contribution in [2.45, 2.75) is 52.1 Å². The average molecular weight is 289 g/mol. The summed E-state index contributed by atoms with van der Waals surface area (Å²) in [6, 6.07) is 8.34. The van der Waals surface area contributed by atoms with Gasteiger partial charge in [-0.3, -0.25) is 4.79 Å². The van der Waals surface area contributed by atoms with Crippen LogP contribution in [0.15, 0.2) is 24.3 Å². The number of hydrogen-bond donors (Lipinski definition) is 2. The number of carbonyl (C=O) groups excluding carboxylic acids is 1. The van der Waals surface area contributed by atoms with Gasteiger partial charge in [0.2, 0.25) is 5.91 Å². The molecule has 1 fully saturated rings. The van der Waals surface area contributed by atoms with E-state index in [-0.39, 0.29) is 18.0 Å². The quantitative estimate of drug-likeness (QED) is 0.876. The number of benzene rings is 1. The van der Waals surface area contributed by atoms with Crippen LogP contribution in [0.3, 0.4) is 0 Å². The molecule has 1 unspecified atom stereocenters. The van der Waals surface area contributed by atoms with E-state index in [0.29, 0.717) is 0 Å². The molecule has 0 bridgehead atoms. The van der Waals surface area contributed by atoms with Crippen LogP contribution in [0.4, 0.5) is 11.4 Å². The Morgan fingerprint density at radius 3 is 2.24 bits per heavy atom. The summed E-state index contributed by atoms with van der Waals surface area (Å²) in [5.41, 5.74) is 2.27. The minimum absolute atomic E-state index is 0.0325. The molecule has 4 heteroatoms. The van der Waals surface area contributed by atoms with E-state index in [1.54, 1.807) is 0 Å². The lowest BCUT2D eigenvalue weighted by atomic mass is 10.1. The Kier molecular flexibility index (Phi) is 5.48. The van der Waals surface area contributed by atoms with Gasteiger partial charge in [0.15, 0.2) is 0 Å². The molecule has 2 N–H and O–H groups in total.